The van der Waals surface area contributed by atoms with Gasteiger partial charge in [-0.3, -0.25) is 4.79 Å². The van der Waals surface area contributed by atoms with E-state index >= 15 is 0 Å². The van der Waals surface area contributed by atoms with Crippen LogP contribution in [0.25, 0.3) is 0 Å². The van der Waals surface area contributed by atoms with Crippen molar-refractivity contribution in [3.05, 3.63) is 93.7 Å². The van der Waals surface area contributed by atoms with Crippen LogP contribution in [0, 0.1) is 12.7 Å². The summed E-state index contributed by atoms with van der Waals surface area (Å²) in [6.07, 6.45) is 0. The number of aromatic nitrogens is 3. The minimum Gasteiger partial charge on any atom is -0.486 e. The molecule has 0 fully saturated rings. The molecule has 4 aromatic rings. The molecule has 7 nitrogen and oxygen atoms in total. The number of carbonyl (C=O) groups is 1. The number of nitrogens with zero attached hydrogens (tertiary/aromatic N) is 3. The molecule has 4 rings (SSSR count). The van der Waals surface area contributed by atoms with Crippen LogP contribution in [0.3, 0.4) is 0 Å². The van der Waals surface area contributed by atoms with Crippen LogP contribution in [-0.2, 0) is 11.4 Å². The summed E-state index contributed by atoms with van der Waals surface area (Å²) in [7, 11) is 0. The number of thioether (sulfide) groups is 1. The first-order valence-corrected chi connectivity index (χ1v) is 12.0. The molecule has 0 saturated carbocycles. The number of thiophene rings is 1. The second-order valence-electron chi connectivity index (χ2n) is 7.23. The summed E-state index contributed by atoms with van der Waals surface area (Å²) in [5.41, 5.74) is 2.18. The fraction of sp³-hybridized carbons (Fsp3) is 0.174. The summed E-state index contributed by atoms with van der Waals surface area (Å²) in [5, 5.41) is 13.5. The zero-order valence-corrected chi connectivity index (χ0v) is 19.4. The van der Waals surface area contributed by atoms with Crippen molar-refractivity contribution in [1.29, 1.82) is 0 Å². The minimum absolute atomic E-state index is 0.0652. The van der Waals surface area contributed by atoms with Gasteiger partial charge in [-0.1, -0.05) is 47.7 Å². The molecule has 0 aliphatic rings. The van der Waals surface area contributed by atoms with Gasteiger partial charge in [-0.15, -0.1) is 21.5 Å². The van der Waals surface area contributed by atoms with Gasteiger partial charge >= 0.3 is 0 Å². The molecule has 0 radical (unpaired) electrons. The summed E-state index contributed by atoms with van der Waals surface area (Å²) in [5.74, 6) is 6.58. The molecule has 0 spiro atoms. The molecule has 2 heterocycles. The standard InChI is InChI=1S/C23H22FN5O2S2/c1-15-4-6-16(7-5-15)22(19-3-2-12-32-19)26-21(30)14-33-23-28-27-20(29(23)25)13-31-18-10-8-17(24)9-11-18/h2-12,22H,13-14,25H2,1H3,(H,26,30). The molecule has 1 unspecified atom stereocenters. The zero-order chi connectivity index (χ0) is 23.2. The third-order valence-electron chi connectivity index (χ3n) is 4.79. The number of hydrogen-bond donors (Lipinski definition) is 2. The molecule has 170 valence electrons. The van der Waals surface area contributed by atoms with E-state index in [0.29, 0.717) is 16.7 Å². The van der Waals surface area contributed by atoms with Gasteiger partial charge in [-0.25, -0.2) is 9.07 Å². The highest BCUT2D eigenvalue weighted by atomic mass is 32.2. The maximum atomic E-state index is 13.0. The number of halogens is 1. The number of nitrogens with one attached hydrogen (secondary N) is 1. The van der Waals surface area contributed by atoms with E-state index in [1.807, 2.05) is 48.7 Å². The van der Waals surface area contributed by atoms with Crippen molar-refractivity contribution in [3.8, 4) is 5.75 Å². The molecular formula is C23H22FN5O2S2. The molecule has 3 N–H and O–H groups in total. The SMILES string of the molecule is Cc1ccc(C(NC(=O)CSc2nnc(COc3ccc(F)cc3)n2N)c2cccs2)cc1. The highest BCUT2D eigenvalue weighted by Gasteiger charge is 2.19. The Hall–Kier alpha value is -3.37. The van der Waals surface area contributed by atoms with E-state index in [1.54, 1.807) is 11.3 Å². The first-order valence-electron chi connectivity index (χ1n) is 10.1. The Bertz CT molecular complexity index is 1190. The number of benzene rings is 2. The van der Waals surface area contributed by atoms with Crippen LogP contribution >= 0.6 is 23.1 Å². The summed E-state index contributed by atoms with van der Waals surface area (Å²) in [6, 6.07) is 17.5. The lowest BCUT2D eigenvalue weighted by molar-refractivity contribution is -0.119. The van der Waals surface area contributed by atoms with Crippen LogP contribution in [0.2, 0.25) is 0 Å². The zero-order valence-electron chi connectivity index (χ0n) is 17.8. The van der Waals surface area contributed by atoms with Gasteiger partial charge < -0.3 is 15.9 Å². The Morgan fingerprint density at radius 3 is 2.64 bits per heavy atom. The number of nitrogens with two attached hydrogens (primary N) is 1. The Labute approximate surface area is 198 Å². The second kappa shape index (κ2) is 10.5. The molecule has 0 aliphatic heterocycles. The Kier molecular flexibility index (Phi) is 7.26. The minimum atomic E-state index is -0.343. The molecule has 33 heavy (non-hydrogen) atoms. The van der Waals surface area contributed by atoms with Crippen molar-refractivity contribution in [3.63, 3.8) is 0 Å². The van der Waals surface area contributed by atoms with Crippen molar-refractivity contribution < 1.29 is 13.9 Å². The topological polar surface area (TPSA) is 95.1 Å². The highest BCUT2D eigenvalue weighted by molar-refractivity contribution is 7.99. The van der Waals surface area contributed by atoms with Crippen molar-refractivity contribution in [2.75, 3.05) is 11.6 Å². The predicted octanol–water partition coefficient (Wildman–Crippen LogP) is 4.08. The third-order valence-corrected chi connectivity index (χ3v) is 6.67. The molecule has 2 aromatic carbocycles. The van der Waals surface area contributed by atoms with Crippen molar-refractivity contribution in [2.24, 2.45) is 0 Å². The molecule has 0 saturated heterocycles. The van der Waals surface area contributed by atoms with E-state index in [-0.39, 0.29) is 30.1 Å². The normalized spacial score (nSPS) is 11.8. The van der Waals surface area contributed by atoms with Gasteiger partial charge in [0.1, 0.15) is 18.2 Å². The van der Waals surface area contributed by atoms with Crippen LogP contribution in [0.15, 0.2) is 71.2 Å². The summed E-state index contributed by atoms with van der Waals surface area (Å²) >= 11 is 2.78. The molecule has 1 amide bonds. The third kappa shape index (κ3) is 5.91. The number of amides is 1. The van der Waals surface area contributed by atoms with Gasteiger partial charge in [0.05, 0.1) is 11.8 Å². The number of nitrogen functional groups attached to an aromatic ring is 1. The maximum absolute atomic E-state index is 13.0. The van der Waals surface area contributed by atoms with Crippen LogP contribution < -0.4 is 15.9 Å². The van der Waals surface area contributed by atoms with Crippen LogP contribution in [-0.4, -0.2) is 26.5 Å². The predicted molar refractivity (Wildman–Crippen MR) is 127 cm³/mol. The van der Waals surface area contributed by atoms with E-state index in [1.165, 1.54) is 40.7 Å². The Morgan fingerprint density at radius 1 is 1.18 bits per heavy atom. The first-order chi connectivity index (χ1) is 16.0. The molecule has 0 aliphatic carbocycles. The lowest BCUT2D eigenvalue weighted by Gasteiger charge is -2.18. The monoisotopic (exact) mass is 483 g/mol. The second-order valence-corrected chi connectivity index (χ2v) is 9.15. The van der Waals surface area contributed by atoms with Crippen LogP contribution in [0.1, 0.15) is 27.9 Å². The summed E-state index contributed by atoms with van der Waals surface area (Å²) < 4.78 is 19.9. The summed E-state index contributed by atoms with van der Waals surface area (Å²) in [4.78, 5) is 13.8. The Morgan fingerprint density at radius 2 is 1.94 bits per heavy atom. The van der Waals surface area contributed by atoms with E-state index < -0.39 is 0 Å². The van der Waals surface area contributed by atoms with Gasteiger partial charge in [-0.2, -0.15) is 0 Å². The highest BCUT2D eigenvalue weighted by Crippen LogP contribution is 2.27. The number of ether oxygens (including phenoxy) is 1. The van der Waals surface area contributed by atoms with Gasteiger partial charge in [0.25, 0.3) is 0 Å². The van der Waals surface area contributed by atoms with Crippen molar-refractivity contribution in [1.82, 2.24) is 20.2 Å². The maximum Gasteiger partial charge on any atom is 0.231 e. The van der Waals surface area contributed by atoms with Gasteiger partial charge in [0.2, 0.25) is 11.1 Å². The molecule has 10 heteroatoms. The van der Waals surface area contributed by atoms with E-state index in [9.17, 15) is 9.18 Å². The lowest BCUT2D eigenvalue weighted by atomic mass is 10.0. The van der Waals surface area contributed by atoms with Crippen molar-refractivity contribution >= 4 is 29.0 Å². The molecule has 0 bridgehead atoms. The average molecular weight is 484 g/mol. The first kappa shape index (κ1) is 22.8. The average Bonchev–Trinajstić information content (AvgIpc) is 3.47. The fourth-order valence-corrected chi connectivity index (χ4v) is 4.54. The molecular weight excluding hydrogens is 461 g/mol. The van der Waals surface area contributed by atoms with Crippen LogP contribution in [0.5, 0.6) is 5.75 Å². The number of hydrogen-bond acceptors (Lipinski definition) is 7. The summed E-state index contributed by atoms with van der Waals surface area (Å²) in [6.45, 7) is 2.09. The number of rotatable bonds is 9. The van der Waals surface area contributed by atoms with E-state index in [4.69, 9.17) is 10.6 Å². The quantitative estimate of drug-likeness (QED) is 0.275. The molecule has 2 aromatic heterocycles. The number of carbonyl (C=O) groups excluding carboxylic acids is 1. The number of aryl methyl sites for hydroxylation is 1. The molecule has 1 atom stereocenters. The van der Waals surface area contributed by atoms with Gasteiger partial charge in [0, 0.05) is 4.88 Å². The largest absolute Gasteiger partial charge is 0.486 e. The van der Waals surface area contributed by atoms with E-state index in [2.05, 4.69) is 15.5 Å². The van der Waals surface area contributed by atoms with Gasteiger partial charge in [-0.05, 0) is 48.2 Å². The lowest BCUT2D eigenvalue weighted by Crippen LogP contribution is -2.30. The fourth-order valence-electron chi connectivity index (χ4n) is 3.05. The smallest absolute Gasteiger partial charge is 0.231 e. The van der Waals surface area contributed by atoms with Crippen LogP contribution in [0.4, 0.5) is 4.39 Å². The van der Waals surface area contributed by atoms with Gasteiger partial charge in [0.15, 0.2) is 5.82 Å². The van der Waals surface area contributed by atoms with E-state index in [0.717, 1.165) is 16.0 Å². The Balaban J connectivity index is 1.36. The van der Waals surface area contributed by atoms with Crippen molar-refractivity contribution in [2.45, 2.75) is 24.7 Å².